The number of anilines is 1. The highest BCUT2D eigenvalue weighted by Crippen LogP contribution is 2.30. The third-order valence-corrected chi connectivity index (χ3v) is 6.84. The van der Waals surface area contributed by atoms with E-state index < -0.39 is 23.4 Å². The Kier molecular flexibility index (Phi) is 6.68. The maximum atomic E-state index is 13.2. The number of nitro benzene ring substituents is 1. The molecule has 1 aliphatic carbocycles. The van der Waals surface area contributed by atoms with Crippen LogP contribution in [-0.2, 0) is 22.4 Å². The normalized spacial score (nSPS) is 13.0. The van der Waals surface area contributed by atoms with Crippen LogP contribution in [0.4, 0.5) is 10.8 Å². The third-order valence-electron chi connectivity index (χ3n) is 6.08. The molecular weight excluding hydrogens is 480 g/mol. The van der Waals surface area contributed by atoms with Crippen molar-refractivity contribution in [3.05, 3.63) is 80.8 Å². The van der Waals surface area contributed by atoms with E-state index in [0.29, 0.717) is 22.0 Å². The highest BCUT2D eigenvalue weighted by molar-refractivity contribution is 7.14. The molecule has 0 fully saturated rings. The van der Waals surface area contributed by atoms with E-state index in [0.717, 1.165) is 54.3 Å². The monoisotopic (exact) mass is 502 g/mol. The number of ether oxygens (including phenoxy) is 1. The van der Waals surface area contributed by atoms with E-state index >= 15 is 0 Å². The van der Waals surface area contributed by atoms with Crippen molar-refractivity contribution in [2.75, 3.05) is 11.9 Å². The van der Waals surface area contributed by atoms with Crippen LogP contribution in [0.15, 0.2) is 53.9 Å². The van der Waals surface area contributed by atoms with Crippen LogP contribution in [-0.4, -0.2) is 33.4 Å². The SMILES string of the molecule is O=C(COC(=O)c1c2c(nc3ccccc13)CCCCC2)Nc1nc(-c2ccc([N+](=O)[O-])cc2)cs1. The van der Waals surface area contributed by atoms with Gasteiger partial charge in [0.1, 0.15) is 0 Å². The topological polar surface area (TPSA) is 124 Å². The molecular formula is C26H22N4O5S. The Morgan fingerprint density at radius 2 is 1.81 bits per heavy atom. The first-order valence-electron chi connectivity index (χ1n) is 11.6. The fourth-order valence-corrected chi connectivity index (χ4v) is 5.09. The van der Waals surface area contributed by atoms with Crippen molar-refractivity contribution < 1.29 is 19.2 Å². The van der Waals surface area contributed by atoms with Crippen LogP contribution in [0.25, 0.3) is 22.2 Å². The molecule has 2 aromatic heterocycles. The molecule has 0 saturated carbocycles. The summed E-state index contributed by atoms with van der Waals surface area (Å²) in [6, 6.07) is 13.5. The van der Waals surface area contributed by atoms with E-state index in [-0.39, 0.29) is 5.69 Å². The summed E-state index contributed by atoms with van der Waals surface area (Å²) in [5, 5.41) is 16.3. The molecule has 0 radical (unpaired) electrons. The molecule has 36 heavy (non-hydrogen) atoms. The first kappa shape index (κ1) is 23.6. The molecule has 1 aliphatic rings. The Bertz CT molecular complexity index is 1470. The smallest absolute Gasteiger partial charge is 0.339 e. The number of amides is 1. The van der Waals surface area contributed by atoms with Crippen molar-refractivity contribution in [3.8, 4) is 11.3 Å². The van der Waals surface area contributed by atoms with Crippen molar-refractivity contribution in [2.45, 2.75) is 32.1 Å². The van der Waals surface area contributed by atoms with Gasteiger partial charge in [-0.15, -0.1) is 11.3 Å². The number of rotatable bonds is 6. The summed E-state index contributed by atoms with van der Waals surface area (Å²) in [7, 11) is 0. The van der Waals surface area contributed by atoms with Gasteiger partial charge in [0.05, 0.1) is 21.7 Å². The van der Waals surface area contributed by atoms with Gasteiger partial charge in [0.15, 0.2) is 11.7 Å². The first-order chi connectivity index (χ1) is 17.5. The van der Waals surface area contributed by atoms with Gasteiger partial charge in [0.2, 0.25) is 0 Å². The molecule has 1 N–H and O–H groups in total. The van der Waals surface area contributed by atoms with Crippen LogP contribution < -0.4 is 5.32 Å². The van der Waals surface area contributed by atoms with Crippen LogP contribution in [0.2, 0.25) is 0 Å². The van der Waals surface area contributed by atoms with Crippen molar-refractivity contribution in [3.63, 3.8) is 0 Å². The average Bonchev–Trinajstić information content (AvgIpc) is 3.22. The minimum Gasteiger partial charge on any atom is -0.452 e. The van der Waals surface area contributed by atoms with Gasteiger partial charge in [-0.2, -0.15) is 0 Å². The second kappa shape index (κ2) is 10.2. The zero-order valence-corrected chi connectivity index (χ0v) is 20.0. The van der Waals surface area contributed by atoms with Gasteiger partial charge < -0.3 is 4.74 Å². The number of aryl methyl sites for hydroxylation is 1. The minimum atomic E-state index is -0.535. The summed E-state index contributed by atoms with van der Waals surface area (Å²) < 4.78 is 5.44. The highest BCUT2D eigenvalue weighted by Gasteiger charge is 2.23. The molecule has 0 spiro atoms. The maximum absolute atomic E-state index is 13.2. The van der Waals surface area contributed by atoms with Crippen molar-refractivity contribution in [2.24, 2.45) is 0 Å². The molecule has 0 aliphatic heterocycles. The number of thiazole rings is 1. The summed E-state index contributed by atoms with van der Waals surface area (Å²) in [6.07, 6.45) is 4.68. The number of carbonyl (C=O) groups excluding carboxylic acids is 2. The summed E-state index contributed by atoms with van der Waals surface area (Å²) in [4.78, 5) is 45.2. The molecule has 0 bridgehead atoms. The molecule has 1 amide bonds. The Labute approximate surface area is 210 Å². The molecule has 4 aromatic rings. The molecule has 0 atom stereocenters. The van der Waals surface area contributed by atoms with E-state index in [1.54, 1.807) is 17.5 Å². The second-order valence-corrected chi connectivity index (χ2v) is 9.31. The molecule has 2 heterocycles. The standard InChI is InChI=1S/C26H22N4O5S/c31-23(29-26-28-22(15-36-26)16-10-12-17(13-11-16)30(33)34)14-35-25(32)24-18-6-2-1-3-8-20(18)27-21-9-5-4-7-19(21)24/h4-5,7,9-13,15H,1-3,6,8,14H2,(H,28,29,31). The quantitative estimate of drug-likeness (QED) is 0.163. The maximum Gasteiger partial charge on any atom is 0.339 e. The lowest BCUT2D eigenvalue weighted by Gasteiger charge is -2.14. The minimum absolute atomic E-state index is 0.0109. The Morgan fingerprint density at radius 3 is 2.61 bits per heavy atom. The first-order valence-corrected chi connectivity index (χ1v) is 12.5. The van der Waals surface area contributed by atoms with Crippen molar-refractivity contribution in [1.82, 2.24) is 9.97 Å². The number of esters is 1. The number of nitro groups is 1. The number of fused-ring (bicyclic) bond motifs is 2. The van der Waals surface area contributed by atoms with Gasteiger partial charge in [-0.05, 0) is 49.4 Å². The number of aromatic nitrogens is 2. The van der Waals surface area contributed by atoms with Gasteiger partial charge >= 0.3 is 5.97 Å². The van der Waals surface area contributed by atoms with Crippen LogP contribution in [0.1, 0.15) is 40.9 Å². The molecule has 2 aromatic carbocycles. The van der Waals surface area contributed by atoms with Gasteiger partial charge in [0.25, 0.3) is 11.6 Å². The lowest BCUT2D eigenvalue weighted by atomic mass is 9.97. The molecule has 10 heteroatoms. The van der Waals surface area contributed by atoms with Crippen molar-refractivity contribution >= 4 is 44.9 Å². The number of non-ortho nitro benzene ring substituents is 1. The van der Waals surface area contributed by atoms with E-state index in [1.807, 2.05) is 24.3 Å². The zero-order valence-electron chi connectivity index (χ0n) is 19.2. The Balaban J connectivity index is 1.28. The second-order valence-electron chi connectivity index (χ2n) is 8.46. The molecule has 5 rings (SSSR count). The highest BCUT2D eigenvalue weighted by atomic mass is 32.1. The van der Waals surface area contributed by atoms with Crippen LogP contribution in [0.5, 0.6) is 0 Å². The van der Waals surface area contributed by atoms with Crippen LogP contribution >= 0.6 is 11.3 Å². The number of pyridine rings is 1. The number of hydrogen-bond donors (Lipinski definition) is 1. The van der Waals surface area contributed by atoms with Gasteiger partial charge in [-0.1, -0.05) is 24.6 Å². The molecule has 9 nitrogen and oxygen atoms in total. The van der Waals surface area contributed by atoms with Gasteiger partial charge in [0, 0.05) is 34.2 Å². The van der Waals surface area contributed by atoms with Gasteiger partial charge in [-0.3, -0.25) is 25.2 Å². The Morgan fingerprint density at radius 1 is 1.03 bits per heavy atom. The number of hydrogen-bond acceptors (Lipinski definition) is 8. The number of para-hydroxylation sites is 1. The Hall–Kier alpha value is -4.18. The van der Waals surface area contributed by atoms with E-state index in [4.69, 9.17) is 9.72 Å². The summed E-state index contributed by atoms with van der Waals surface area (Å²) >= 11 is 1.21. The average molecular weight is 503 g/mol. The van der Waals surface area contributed by atoms with Gasteiger partial charge in [-0.25, -0.2) is 9.78 Å². The summed E-state index contributed by atoms with van der Waals surface area (Å²) in [6.45, 7) is -0.448. The largest absolute Gasteiger partial charge is 0.452 e. The fraction of sp³-hybridized carbons (Fsp3) is 0.231. The predicted octanol–water partition coefficient (Wildman–Crippen LogP) is 5.33. The van der Waals surface area contributed by atoms with E-state index in [9.17, 15) is 19.7 Å². The lowest BCUT2D eigenvalue weighted by Crippen LogP contribution is -2.22. The van der Waals surface area contributed by atoms with E-state index in [2.05, 4.69) is 10.3 Å². The zero-order chi connectivity index (χ0) is 25.1. The summed E-state index contributed by atoms with van der Waals surface area (Å²) in [5.74, 6) is -1.04. The predicted molar refractivity (Wildman–Crippen MR) is 136 cm³/mol. The van der Waals surface area contributed by atoms with Crippen molar-refractivity contribution in [1.29, 1.82) is 0 Å². The number of carbonyl (C=O) groups is 2. The number of nitrogens with one attached hydrogen (secondary N) is 1. The summed E-state index contributed by atoms with van der Waals surface area (Å²) in [5.41, 5.74) is 4.36. The van der Waals surface area contributed by atoms with Crippen LogP contribution in [0.3, 0.4) is 0 Å². The molecule has 0 saturated heterocycles. The molecule has 182 valence electrons. The van der Waals surface area contributed by atoms with Crippen LogP contribution in [0, 0.1) is 10.1 Å². The fourth-order valence-electron chi connectivity index (χ4n) is 4.36. The van der Waals surface area contributed by atoms with E-state index in [1.165, 1.54) is 23.5 Å². The number of nitrogens with zero attached hydrogens (tertiary/aromatic N) is 3. The number of benzene rings is 2. The molecule has 0 unspecified atom stereocenters. The third kappa shape index (κ3) is 4.94. The lowest BCUT2D eigenvalue weighted by molar-refractivity contribution is -0.384.